The molecule has 0 aliphatic heterocycles. The number of aryl methyl sites for hydroxylation is 1. The number of phenols is 1. The number of phenolic OH excluding ortho intramolecular Hbond substituents is 1. The molecule has 0 amide bonds. The van der Waals surface area contributed by atoms with Crippen LogP contribution < -0.4 is 4.98 Å². The third-order valence-electron chi connectivity index (χ3n) is 2.12. The van der Waals surface area contributed by atoms with Gasteiger partial charge in [-0.25, -0.2) is 0 Å². The van der Waals surface area contributed by atoms with Crippen molar-refractivity contribution in [3.63, 3.8) is 0 Å². The average Bonchev–Trinajstić information content (AvgIpc) is 2.82. The van der Waals surface area contributed by atoms with Gasteiger partial charge in [-0.05, 0) is 18.6 Å². The number of aromatic nitrogens is 1. The van der Waals surface area contributed by atoms with Gasteiger partial charge in [-0.1, -0.05) is 24.3 Å². The fourth-order valence-electron chi connectivity index (χ4n) is 1.33. The van der Waals surface area contributed by atoms with E-state index in [-0.39, 0.29) is 5.75 Å². The van der Waals surface area contributed by atoms with Crippen LogP contribution in [0.5, 0.6) is 5.75 Å². The van der Waals surface area contributed by atoms with Crippen LogP contribution in [0.1, 0.15) is 11.3 Å². The van der Waals surface area contributed by atoms with E-state index in [0.29, 0.717) is 5.69 Å². The second kappa shape index (κ2) is 8.38. The number of hydrogen-bond donors (Lipinski definition) is 1. The maximum absolute atomic E-state index is 9.59. The van der Waals surface area contributed by atoms with E-state index < -0.39 is 17.0 Å². The predicted molar refractivity (Wildman–Crippen MR) is 71.6 cm³/mol. The summed E-state index contributed by atoms with van der Waals surface area (Å²) >= 11 is -0.556. The number of halogens is 2. The molecule has 1 heterocycles. The third-order valence-corrected chi connectivity index (χ3v) is 2.12. The summed E-state index contributed by atoms with van der Waals surface area (Å²) in [5.74, 6) is 0.192. The second-order valence-electron chi connectivity index (χ2n) is 3.33. The topological polar surface area (TPSA) is 46.7 Å². The van der Waals surface area contributed by atoms with Gasteiger partial charge in [-0.15, -0.1) is 5.69 Å². The Morgan fingerprint density at radius 3 is 2.56 bits per heavy atom. The van der Waals surface area contributed by atoms with Crippen molar-refractivity contribution in [3.8, 4) is 5.75 Å². The molecular formula is C12H11Cl2N2OTi-. The van der Waals surface area contributed by atoms with Crippen molar-refractivity contribution in [1.29, 1.82) is 0 Å². The number of para-hydroxylation sites is 1. The molecule has 1 aromatic heterocycles. The zero-order valence-electron chi connectivity index (χ0n) is 9.64. The number of aliphatic imine (C=N–C) groups is 1. The first-order chi connectivity index (χ1) is 8.69. The van der Waals surface area contributed by atoms with Crippen LogP contribution in [0.3, 0.4) is 0 Å². The van der Waals surface area contributed by atoms with Gasteiger partial charge in [0, 0.05) is 6.21 Å². The van der Waals surface area contributed by atoms with Crippen molar-refractivity contribution in [2.24, 2.45) is 4.99 Å². The fraction of sp³-hybridized carbons (Fsp3) is 0.0833. The Bertz CT molecular complexity index is 481. The first-order valence-corrected chi connectivity index (χ1v) is 9.35. The van der Waals surface area contributed by atoms with Crippen molar-refractivity contribution in [3.05, 3.63) is 47.8 Å². The maximum atomic E-state index is 9.59. The number of hydrogen-bond acceptors (Lipinski definition) is 2. The molecule has 18 heavy (non-hydrogen) atoms. The van der Waals surface area contributed by atoms with Gasteiger partial charge in [0.25, 0.3) is 0 Å². The van der Waals surface area contributed by atoms with Crippen LogP contribution in [0.15, 0.2) is 41.5 Å². The van der Waals surface area contributed by atoms with Crippen LogP contribution in [-0.2, 0) is 17.0 Å². The van der Waals surface area contributed by atoms with Crippen LogP contribution in [0.2, 0.25) is 0 Å². The standard InChI is InChI=1S/C12H11N2O.2ClH.Ti/c1-9-4-2-6-11(15)12(9)14-8-10-5-3-7-13-10;;;/h2-8H,1H3,(H-,13,14,15);2*1H;/q-1;;;+2/p-2. The van der Waals surface area contributed by atoms with Gasteiger partial charge < -0.3 is 10.1 Å². The molecule has 0 unspecified atom stereocenters. The molecule has 0 saturated heterocycles. The third kappa shape index (κ3) is 4.87. The minimum absolute atomic E-state index is 0.192. The Hall–Kier alpha value is -0.736. The van der Waals surface area contributed by atoms with E-state index in [0.717, 1.165) is 11.3 Å². The number of nitrogens with zero attached hydrogens (tertiary/aromatic N) is 2. The molecule has 2 rings (SSSR count). The first kappa shape index (κ1) is 15.3. The van der Waals surface area contributed by atoms with Crippen LogP contribution in [0, 0.1) is 6.92 Å². The Kier molecular flexibility index (Phi) is 7.13. The zero-order chi connectivity index (χ0) is 13.4. The van der Waals surface area contributed by atoms with Gasteiger partial charge in [0.1, 0.15) is 11.4 Å². The van der Waals surface area contributed by atoms with E-state index in [4.69, 9.17) is 18.6 Å². The normalized spacial score (nSPS) is 9.94. The van der Waals surface area contributed by atoms with Crippen LogP contribution >= 0.6 is 18.6 Å². The molecule has 0 saturated carbocycles. The zero-order valence-corrected chi connectivity index (χ0v) is 12.7. The monoisotopic (exact) mass is 317 g/mol. The molecule has 6 heteroatoms. The van der Waals surface area contributed by atoms with E-state index in [1.54, 1.807) is 24.5 Å². The number of rotatable bonds is 2. The SMILES string of the molecule is Cc1cccc(O)c1N=Cc1ccc[n-]1.[Cl][Ti][Cl]. The summed E-state index contributed by atoms with van der Waals surface area (Å²) in [4.78, 5) is 8.27. The molecule has 0 aliphatic carbocycles. The molecule has 0 aliphatic rings. The van der Waals surface area contributed by atoms with Crippen molar-refractivity contribution in [2.45, 2.75) is 6.92 Å². The van der Waals surface area contributed by atoms with E-state index in [1.165, 1.54) is 0 Å². The Labute approximate surface area is 123 Å². The summed E-state index contributed by atoms with van der Waals surface area (Å²) in [7, 11) is 9.78. The quantitative estimate of drug-likeness (QED) is 0.676. The molecular weight excluding hydrogens is 307 g/mol. The van der Waals surface area contributed by atoms with Crippen molar-refractivity contribution < 1.29 is 22.1 Å². The van der Waals surface area contributed by atoms with E-state index in [1.807, 2.05) is 25.1 Å². The van der Waals surface area contributed by atoms with E-state index in [9.17, 15) is 5.11 Å². The van der Waals surface area contributed by atoms with Gasteiger partial charge >= 0.3 is 35.6 Å². The predicted octanol–water partition coefficient (Wildman–Crippen LogP) is 3.78. The van der Waals surface area contributed by atoms with E-state index >= 15 is 0 Å². The molecule has 0 radical (unpaired) electrons. The van der Waals surface area contributed by atoms with Crippen molar-refractivity contribution >= 4 is 30.5 Å². The molecule has 0 atom stereocenters. The summed E-state index contributed by atoms with van der Waals surface area (Å²) in [5, 5.41) is 9.59. The molecule has 2 aromatic rings. The van der Waals surface area contributed by atoms with E-state index in [2.05, 4.69) is 9.98 Å². The molecule has 3 nitrogen and oxygen atoms in total. The fourth-order valence-corrected chi connectivity index (χ4v) is 1.33. The average molecular weight is 318 g/mol. The molecule has 1 N–H and O–H groups in total. The number of aromatic hydroxyl groups is 1. The van der Waals surface area contributed by atoms with Gasteiger partial charge in [0.05, 0.1) is 0 Å². The molecule has 0 fully saturated rings. The summed E-state index contributed by atoms with van der Waals surface area (Å²) in [5.41, 5.74) is 2.33. The van der Waals surface area contributed by atoms with Crippen molar-refractivity contribution in [1.82, 2.24) is 4.98 Å². The Morgan fingerprint density at radius 2 is 2.00 bits per heavy atom. The second-order valence-corrected chi connectivity index (χ2v) is 5.91. The Balaban J connectivity index is 0.000000492. The minimum atomic E-state index is -0.556. The van der Waals surface area contributed by atoms with Gasteiger partial charge in [-0.3, -0.25) is 4.99 Å². The van der Waals surface area contributed by atoms with Gasteiger partial charge in [0.2, 0.25) is 0 Å². The van der Waals surface area contributed by atoms with Crippen LogP contribution in [0.4, 0.5) is 5.69 Å². The Morgan fingerprint density at radius 1 is 1.28 bits per heavy atom. The summed E-state index contributed by atoms with van der Waals surface area (Å²) in [6.45, 7) is 1.91. The molecule has 1 aromatic carbocycles. The summed E-state index contributed by atoms with van der Waals surface area (Å²) in [6.07, 6.45) is 3.35. The van der Waals surface area contributed by atoms with Crippen LogP contribution in [0.25, 0.3) is 0 Å². The molecule has 0 bridgehead atoms. The van der Waals surface area contributed by atoms with Crippen LogP contribution in [-0.4, -0.2) is 11.3 Å². The van der Waals surface area contributed by atoms with Gasteiger partial charge in [0.15, 0.2) is 0 Å². The molecule has 94 valence electrons. The van der Waals surface area contributed by atoms with Crippen molar-refractivity contribution in [2.75, 3.05) is 0 Å². The summed E-state index contributed by atoms with van der Waals surface area (Å²) in [6, 6.07) is 9.03. The summed E-state index contributed by atoms with van der Waals surface area (Å²) < 4.78 is 0. The van der Waals surface area contributed by atoms with Gasteiger partial charge in [-0.2, -0.15) is 6.20 Å². The number of benzene rings is 1. The first-order valence-electron chi connectivity index (χ1n) is 5.05. The molecule has 0 spiro atoms.